The lowest BCUT2D eigenvalue weighted by Gasteiger charge is -2.34. The number of benzene rings is 1. The number of carbonyl (C=O) groups excluding carboxylic acids is 1. The van der Waals surface area contributed by atoms with Crippen molar-refractivity contribution in [2.45, 2.75) is 52.4 Å². The highest BCUT2D eigenvalue weighted by molar-refractivity contribution is 5.84. The first-order chi connectivity index (χ1) is 9.86. The van der Waals surface area contributed by atoms with Gasteiger partial charge in [-0.15, -0.1) is 0 Å². The maximum atomic E-state index is 13.5. The first-order valence-corrected chi connectivity index (χ1v) is 7.40. The molecule has 1 amide bonds. The third-order valence-corrected chi connectivity index (χ3v) is 4.48. The van der Waals surface area contributed by atoms with Crippen LogP contribution in [0, 0.1) is 17.6 Å². The molecule has 4 unspecified atom stereocenters. The highest BCUT2D eigenvalue weighted by Crippen LogP contribution is 2.31. The first-order valence-electron chi connectivity index (χ1n) is 7.40. The number of rotatable bonds is 4. The summed E-state index contributed by atoms with van der Waals surface area (Å²) in [5.41, 5.74) is 0.571. The lowest BCUT2D eigenvalue weighted by atomic mass is 9.98. The van der Waals surface area contributed by atoms with E-state index in [1.54, 1.807) is 11.8 Å². The summed E-state index contributed by atoms with van der Waals surface area (Å²) in [6, 6.07) is 3.49. The molecule has 1 aliphatic heterocycles. The van der Waals surface area contributed by atoms with Gasteiger partial charge in [-0.1, -0.05) is 26.3 Å². The van der Waals surface area contributed by atoms with Crippen LogP contribution in [0.5, 0.6) is 0 Å². The summed E-state index contributed by atoms with van der Waals surface area (Å²) in [6.45, 7) is 7.95. The van der Waals surface area contributed by atoms with E-state index in [2.05, 4.69) is 19.2 Å². The van der Waals surface area contributed by atoms with Gasteiger partial charge in [0.15, 0.2) is 11.6 Å². The average Bonchev–Trinajstić information content (AvgIpc) is 2.76. The molecular formula is C16H22F2N2O. The van der Waals surface area contributed by atoms with Crippen LogP contribution in [-0.4, -0.2) is 22.9 Å². The summed E-state index contributed by atoms with van der Waals surface area (Å²) in [7, 11) is 0. The molecule has 0 saturated carbocycles. The van der Waals surface area contributed by atoms with Gasteiger partial charge >= 0.3 is 0 Å². The van der Waals surface area contributed by atoms with Gasteiger partial charge in [-0.25, -0.2) is 8.78 Å². The molecule has 1 aromatic rings. The molecule has 5 heteroatoms. The Morgan fingerprint density at radius 2 is 1.95 bits per heavy atom. The van der Waals surface area contributed by atoms with E-state index in [9.17, 15) is 13.6 Å². The minimum atomic E-state index is -0.891. The smallest absolute Gasteiger partial charge is 0.241 e. The second-order valence-corrected chi connectivity index (χ2v) is 5.84. The van der Waals surface area contributed by atoms with Gasteiger partial charge < -0.3 is 4.90 Å². The predicted octanol–water partition coefficient (Wildman–Crippen LogP) is 3.22. The van der Waals surface area contributed by atoms with Crippen LogP contribution in [0.4, 0.5) is 8.78 Å². The van der Waals surface area contributed by atoms with Crippen molar-refractivity contribution in [1.82, 2.24) is 10.2 Å². The van der Waals surface area contributed by atoms with Crippen molar-refractivity contribution < 1.29 is 13.6 Å². The molecule has 0 aromatic heterocycles. The second kappa shape index (κ2) is 6.10. The van der Waals surface area contributed by atoms with Crippen LogP contribution in [0.15, 0.2) is 18.2 Å². The zero-order valence-electron chi connectivity index (χ0n) is 12.9. The molecule has 1 N–H and O–H groups in total. The fraction of sp³-hybridized carbons (Fsp3) is 0.562. The maximum Gasteiger partial charge on any atom is 0.241 e. The summed E-state index contributed by atoms with van der Waals surface area (Å²) in [5.74, 6) is -1.44. The van der Waals surface area contributed by atoms with Crippen LogP contribution in [-0.2, 0) is 4.79 Å². The van der Waals surface area contributed by atoms with E-state index in [1.807, 2.05) is 6.92 Å². The highest BCUT2D eigenvalue weighted by Gasteiger charge is 2.41. The number of amides is 1. The van der Waals surface area contributed by atoms with Crippen molar-refractivity contribution in [3.8, 4) is 0 Å². The van der Waals surface area contributed by atoms with Crippen molar-refractivity contribution in [3.63, 3.8) is 0 Å². The van der Waals surface area contributed by atoms with E-state index in [0.717, 1.165) is 18.6 Å². The molecule has 2 rings (SSSR count). The van der Waals surface area contributed by atoms with E-state index in [0.29, 0.717) is 11.5 Å². The van der Waals surface area contributed by atoms with Gasteiger partial charge in [0.25, 0.3) is 0 Å². The largest absolute Gasteiger partial charge is 0.319 e. The van der Waals surface area contributed by atoms with E-state index in [1.165, 1.54) is 6.07 Å². The number of carbonyl (C=O) groups is 1. The molecule has 3 nitrogen and oxygen atoms in total. The topological polar surface area (TPSA) is 32.3 Å². The first kappa shape index (κ1) is 15.9. The third-order valence-electron chi connectivity index (χ3n) is 4.48. The fourth-order valence-corrected chi connectivity index (χ4v) is 2.73. The standard InChI is InChI=1S/C16H22F2N2O/c1-5-9(2)11(4)20-15(19-10(3)16(20)21)12-6-7-13(17)14(18)8-12/h6-11,15,19H,5H2,1-4H3. The van der Waals surface area contributed by atoms with Crippen molar-refractivity contribution in [3.05, 3.63) is 35.4 Å². The monoisotopic (exact) mass is 296 g/mol. The van der Waals surface area contributed by atoms with Crippen molar-refractivity contribution >= 4 is 5.91 Å². The lowest BCUT2D eigenvalue weighted by Crippen LogP contribution is -2.41. The van der Waals surface area contributed by atoms with Crippen LogP contribution >= 0.6 is 0 Å². The molecule has 1 saturated heterocycles. The molecule has 0 aliphatic carbocycles. The van der Waals surface area contributed by atoms with Gasteiger partial charge in [0, 0.05) is 6.04 Å². The fourth-order valence-electron chi connectivity index (χ4n) is 2.73. The zero-order chi connectivity index (χ0) is 15.7. The average molecular weight is 296 g/mol. The highest BCUT2D eigenvalue weighted by atomic mass is 19.2. The van der Waals surface area contributed by atoms with E-state index in [-0.39, 0.29) is 18.0 Å². The summed E-state index contributed by atoms with van der Waals surface area (Å²) < 4.78 is 26.6. The van der Waals surface area contributed by atoms with E-state index in [4.69, 9.17) is 0 Å². The molecule has 1 heterocycles. The molecule has 21 heavy (non-hydrogen) atoms. The number of nitrogens with zero attached hydrogens (tertiary/aromatic N) is 1. The number of hydrogen-bond donors (Lipinski definition) is 1. The molecule has 0 radical (unpaired) electrons. The minimum absolute atomic E-state index is 0.00228. The Balaban J connectivity index is 2.35. The summed E-state index contributed by atoms with van der Waals surface area (Å²) in [4.78, 5) is 14.2. The molecule has 1 aliphatic rings. The van der Waals surface area contributed by atoms with E-state index < -0.39 is 17.8 Å². The number of hydrogen-bond acceptors (Lipinski definition) is 2. The van der Waals surface area contributed by atoms with Crippen molar-refractivity contribution in [2.75, 3.05) is 0 Å². The number of halogens is 2. The van der Waals surface area contributed by atoms with Gasteiger partial charge in [0.2, 0.25) is 5.91 Å². The van der Waals surface area contributed by atoms with Gasteiger partial charge in [0.1, 0.15) is 6.17 Å². The molecule has 1 fully saturated rings. The minimum Gasteiger partial charge on any atom is -0.319 e. The van der Waals surface area contributed by atoms with Crippen LogP contribution in [0.2, 0.25) is 0 Å². The summed E-state index contributed by atoms with van der Waals surface area (Å²) >= 11 is 0. The molecule has 0 bridgehead atoms. The molecule has 116 valence electrons. The van der Waals surface area contributed by atoms with Gasteiger partial charge in [-0.3, -0.25) is 10.1 Å². The molecule has 0 spiro atoms. The Morgan fingerprint density at radius 3 is 2.52 bits per heavy atom. The normalized spacial score (nSPS) is 25.2. The second-order valence-electron chi connectivity index (χ2n) is 5.84. The maximum absolute atomic E-state index is 13.5. The SMILES string of the molecule is CCC(C)C(C)N1C(=O)C(C)NC1c1ccc(F)c(F)c1. The van der Waals surface area contributed by atoms with Crippen LogP contribution in [0.25, 0.3) is 0 Å². The Hall–Kier alpha value is -1.49. The van der Waals surface area contributed by atoms with Crippen LogP contribution < -0.4 is 5.32 Å². The Kier molecular flexibility index (Phi) is 4.61. The summed E-state index contributed by atoms with van der Waals surface area (Å²) in [6.07, 6.45) is 0.538. The van der Waals surface area contributed by atoms with Crippen molar-refractivity contribution in [1.29, 1.82) is 0 Å². The third kappa shape index (κ3) is 2.93. The van der Waals surface area contributed by atoms with Gasteiger partial charge in [-0.2, -0.15) is 0 Å². The predicted molar refractivity (Wildman–Crippen MR) is 77.5 cm³/mol. The molecule has 4 atom stereocenters. The molecule has 1 aromatic carbocycles. The van der Waals surface area contributed by atoms with Gasteiger partial charge in [-0.05, 0) is 37.5 Å². The van der Waals surface area contributed by atoms with Crippen LogP contribution in [0.3, 0.4) is 0 Å². The number of nitrogens with one attached hydrogen (secondary N) is 1. The lowest BCUT2D eigenvalue weighted by molar-refractivity contribution is -0.132. The van der Waals surface area contributed by atoms with Crippen molar-refractivity contribution in [2.24, 2.45) is 5.92 Å². The van der Waals surface area contributed by atoms with E-state index >= 15 is 0 Å². The van der Waals surface area contributed by atoms with Gasteiger partial charge in [0.05, 0.1) is 6.04 Å². The molecular weight excluding hydrogens is 274 g/mol. The quantitative estimate of drug-likeness (QED) is 0.925. The summed E-state index contributed by atoms with van der Waals surface area (Å²) in [5, 5.41) is 3.16. The van der Waals surface area contributed by atoms with Crippen LogP contribution in [0.1, 0.15) is 45.8 Å². The Labute approximate surface area is 124 Å². The Bertz CT molecular complexity index is 535. The Morgan fingerprint density at radius 1 is 1.29 bits per heavy atom. The zero-order valence-corrected chi connectivity index (χ0v) is 12.9.